The second kappa shape index (κ2) is 5.86. The highest BCUT2D eigenvalue weighted by Gasteiger charge is 2.37. The highest BCUT2D eigenvalue weighted by molar-refractivity contribution is 7.15. The van der Waals surface area contributed by atoms with Gasteiger partial charge in [0, 0.05) is 24.0 Å². The summed E-state index contributed by atoms with van der Waals surface area (Å²) in [6.45, 7) is 5.09. The Morgan fingerprint density at radius 2 is 2.24 bits per heavy atom. The van der Waals surface area contributed by atoms with Crippen LogP contribution in [0.5, 0.6) is 0 Å². The van der Waals surface area contributed by atoms with Crippen LogP contribution in [-0.4, -0.2) is 36.3 Å². The van der Waals surface area contributed by atoms with Crippen LogP contribution in [0.3, 0.4) is 0 Å². The van der Waals surface area contributed by atoms with Gasteiger partial charge in [-0.3, -0.25) is 0 Å². The van der Waals surface area contributed by atoms with E-state index in [-0.39, 0.29) is 0 Å². The van der Waals surface area contributed by atoms with Crippen LogP contribution >= 0.6 is 11.3 Å². The van der Waals surface area contributed by atoms with Gasteiger partial charge >= 0.3 is 0 Å². The topological polar surface area (TPSA) is 37.4 Å². The minimum Gasteiger partial charge on any atom is -0.374 e. The molecule has 0 spiro atoms. The molecule has 116 valence electrons. The third-order valence-electron chi connectivity index (χ3n) is 4.96. The molecule has 1 aromatic heterocycles. The number of rotatable bonds is 5. The van der Waals surface area contributed by atoms with Crippen LogP contribution in [0, 0.1) is 0 Å². The Morgan fingerprint density at radius 1 is 1.33 bits per heavy atom. The summed E-state index contributed by atoms with van der Waals surface area (Å²) in [5.74, 6) is 0. The lowest BCUT2D eigenvalue weighted by Crippen LogP contribution is -2.48. The van der Waals surface area contributed by atoms with Crippen LogP contribution < -0.4 is 10.2 Å². The molecule has 1 aromatic rings. The van der Waals surface area contributed by atoms with E-state index in [1.807, 2.05) is 11.3 Å². The van der Waals surface area contributed by atoms with E-state index in [0.717, 1.165) is 32.2 Å². The molecule has 21 heavy (non-hydrogen) atoms. The molecule has 4 nitrogen and oxygen atoms in total. The number of anilines is 1. The highest BCUT2D eigenvalue weighted by Crippen LogP contribution is 2.36. The fraction of sp³-hybridized carbons (Fsp3) is 0.812. The number of aryl methyl sites for hydroxylation is 1. The van der Waals surface area contributed by atoms with Crippen molar-refractivity contribution in [1.82, 2.24) is 10.3 Å². The number of nitrogens with one attached hydrogen (secondary N) is 1. The van der Waals surface area contributed by atoms with Crippen LogP contribution in [0.15, 0.2) is 0 Å². The maximum absolute atomic E-state index is 5.93. The van der Waals surface area contributed by atoms with E-state index in [9.17, 15) is 0 Å². The number of thiazole rings is 1. The normalized spacial score (nSPS) is 28.9. The van der Waals surface area contributed by atoms with Crippen LogP contribution in [0.25, 0.3) is 0 Å². The second-order valence-electron chi connectivity index (χ2n) is 6.48. The summed E-state index contributed by atoms with van der Waals surface area (Å²) in [6.07, 6.45) is 7.97. The van der Waals surface area contributed by atoms with Gasteiger partial charge in [0.25, 0.3) is 0 Å². The van der Waals surface area contributed by atoms with E-state index >= 15 is 0 Å². The molecule has 0 bridgehead atoms. The molecule has 1 N–H and O–H groups in total. The summed E-state index contributed by atoms with van der Waals surface area (Å²) in [4.78, 5) is 8.94. The van der Waals surface area contributed by atoms with E-state index in [4.69, 9.17) is 9.72 Å². The Kier molecular flexibility index (Phi) is 3.90. The summed E-state index contributed by atoms with van der Waals surface area (Å²) >= 11 is 1.91. The Bertz CT molecular complexity index is 500. The molecule has 4 rings (SSSR count). The standard InChI is InChI=1S/C16H25N3OS/c1-2-12-15(10-17-11-6-7-11)21-16(18-12)19-8-9-20-14-5-3-4-13(14)19/h11,13-14,17H,2-10H2,1H3. The maximum Gasteiger partial charge on any atom is 0.186 e. The molecule has 2 saturated carbocycles. The lowest BCUT2D eigenvalue weighted by atomic mass is 10.1. The van der Waals surface area contributed by atoms with Crippen molar-refractivity contribution in [2.45, 2.75) is 70.2 Å². The average molecular weight is 307 g/mol. The molecule has 2 atom stereocenters. The molecular formula is C16H25N3OS. The van der Waals surface area contributed by atoms with E-state index in [1.165, 1.54) is 47.8 Å². The second-order valence-corrected chi connectivity index (χ2v) is 7.54. The lowest BCUT2D eigenvalue weighted by molar-refractivity contribution is 0.0256. The molecule has 3 fully saturated rings. The first-order valence-electron chi connectivity index (χ1n) is 8.45. The summed E-state index contributed by atoms with van der Waals surface area (Å²) in [5, 5.41) is 4.87. The number of morpholine rings is 1. The highest BCUT2D eigenvalue weighted by atomic mass is 32.1. The molecule has 0 amide bonds. The van der Waals surface area contributed by atoms with Gasteiger partial charge in [0.1, 0.15) is 0 Å². The van der Waals surface area contributed by atoms with Gasteiger partial charge in [0.05, 0.1) is 24.4 Å². The van der Waals surface area contributed by atoms with Crippen molar-refractivity contribution in [2.75, 3.05) is 18.1 Å². The maximum atomic E-state index is 5.93. The molecule has 0 radical (unpaired) electrons. The first kappa shape index (κ1) is 14.0. The minimum atomic E-state index is 0.445. The van der Waals surface area contributed by atoms with Gasteiger partial charge in [0.2, 0.25) is 0 Å². The Morgan fingerprint density at radius 3 is 3.05 bits per heavy atom. The van der Waals surface area contributed by atoms with Crippen molar-refractivity contribution in [1.29, 1.82) is 0 Å². The van der Waals surface area contributed by atoms with Crippen LogP contribution in [0.1, 0.15) is 49.6 Å². The monoisotopic (exact) mass is 307 g/mol. The smallest absolute Gasteiger partial charge is 0.186 e. The predicted octanol–water partition coefficient (Wildman–Crippen LogP) is 2.72. The quantitative estimate of drug-likeness (QED) is 0.907. The number of fused-ring (bicyclic) bond motifs is 1. The van der Waals surface area contributed by atoms with Gasteiger partial charge in [-0.2, -0.15) is 0 Å². The zero-order chi connectivity index (χ0) is 14.2. The average Bonchev–Trinajstić information content (AvgIpc) is 3.06. The summed E-state index contributed by atoms with van der Waals surface area (Å²) < 4.78 is 5.93. The summed E-state index contributed by atoms with van der Waals surface area (Å²) in [7, 11) is 0. The molecular weight excluding hydrogens is 282 g/mol. The first-order valence-corrected chi connectivity index (χ1v) is 9.27. The van der Waals surface area contributed by atoms with Gasteiger partial charge in [-0.05, 0) is 38.5 Å². The van der Waals surface area contributed by atoms with E-state index < -0.39 is 0 Å². The Labute approximate surface area is 130 Å². The predicted molar refractivity (Wildman–Crippen MR) is 86.1 cm³/mol. The number of aromatic nitrogens is 1. The van der Waals surface area contributed by atoms with E-state index in [2.05, 4.69) is 17.1 Å². The largest absolute Gasteiger partial charge is 0.374 e. The summed E-state index contributed by atoms with van der Waals surface area (Å²) in [5.41, 5.74) is 1.30. The van der Waals surface area contributed by atoms with Gasteiger partial charge in [0.15, 0.2) is 5.13 Å². The molecule has 2 heterocycles. The fourth-order valence-corrected chi connectivity index (χ4v) is 4.78. The van der Waals surface area contributed by atoms with Gasteiger partial charge < -0.3 is 15.0 Å². The SMILES string of the molecule is CCc1nc(N2CCOC3CCCC32)sc1CNC1CC1. The molecule has 0 aromatic carbocycles. The number of nitrogens with zero attached hydrogens (tertiary/aromatic N) is 2. The number of hydrogen-bond acceptors (Lipinski definition) is 5. The van der Waals surface area contributed by atoms with Crippen molar-refractivity contribution >= 4 is 16.5 Å². The van der Waals surface area contributed by atoms with Crippen LogP contribution in [0.2, 0.25) is 0 Å². The van der Waals surface area contributed by atoms with E-state index in [0.29, 0.717) is 12.1 Å². The Hall–Kier alpha value is -0.650. The molecule has 1 saturated heterocycles. The van der Waals surface area contributed by atoms with Crippen LogP contribution in [-0.2, 0) is 17.7 Å². The third kappa shape index (κ3) is 2.83. The lowest BCUT2D eigenvalue weighted by Gasteiger charge is -2.37. The molecule has 2 aliphatic carbocycles. The molecule has 5 heteroatoms. The number of ether oxygens (including phenoxy) is 1. The number of hydrogen-bond donors (Lipinski definition) is 1. The Balaban J connectivity index is 1.52. The first-order chi connectivity index (χ1) is 10.3. The van der Waals surface area contributed by atoms with Crippen molar-refractivity contribution in [3.8, 4) is 0 Å². The van der Waals surface area contributed by atoms with Crippen LogP contribution in [0.4, 0.5) is 5.13 Å². The zero-order valence-corrected chi connectivity index (χ0v) is 13.6. The third-order valence-corrected chi connectivity index (χ3v) is 6.09. The molecule has 3 aliphatic rings. The van der Waals surface area contributed by atoms with E-state index in [1.54, 1.807) is 0 Å². The summed E-state index contributed by atoms with van der Waals surface area (Å²) in [6, 6.07) is 1.33. The molecule has 1 aliphatic heterocycles. The zero-order valence-electron chi connectivity index (χ0n) is 12.8. The van der Waals surface area contributed by atoms with Gasteiger partial charge in [-0.15, -0.1) is 11.3 Å². The molecule has 2 unspecified atom stereocenters. The fourth-order valence-electron chi connectivity index (χ4n) is 3.59. The van der Waals surface area contributed by atoms with Crippen molar-refractivity contribution in [3.63, 3.8) is 0 Å². The van der Waals surface area contributed by atoms with Crippen molar-refractivity contribution in [3.05, 3.63) is 10.6 Å². The van der Waals surface area contributed by atoms with Gasteiger partial charge in [-0.25, -0.2) is 4.98 Å². The van der Waals surface area contributed by atoms with Crippen molar-refractivity contribution < 1.29 is 4.74 Å². The van der Waals surface area contributed by atoms with Gasteiger partial charge in [-0.1, -0.05) is 6.92 Å². The minimum absolute atomic E-state index is 0.445. The van der Waals surface area contributed by atoms with Crippen molar-refractivity contribution in [2.24, 2.45) is 0 Å².